The van der Waals surface area contributed by atoms with E-state index >= 15 is 0 Å². The lowest BCUT2D eigenvalue weighted by Gasteiger charge is -2.11. The van der Waals surface area contributed by atoms with Crippen LogP contribution in [0.2, 0.25) is 0 Å². The van der Waals surface area contributed by atoms with Crippen molar-refractivity contribution >= 4 is 17.7 Å². The minimum Gasteiger partial charge on any atom is -0.353 e. The van der Waals surface area contributed by atoms with Crippen LogP contribution in [0.15, 0.2) is 73.7 Å². The van der Waals surface area contributed by atoms with E-state index in [1.807, 2.05) is 65.7 Å². The van der Waals surface area contributed by atoms with Crippen molar-refractivity contribution in [2.45, 2.75) is 12.2 Å². The highest BCUT2D eigenvalue weighted by molar-refractivity contribution is 7.98. The maximum atomic E-state index is 11.7. The summed E-state index contributed by atoms with van der Waals surface area (Å²) >= 11 is 1.73. The van der Waals surface area contributed by atoms with Crippen LogP contribution < -0.4 is 5.32 Å². The van der Waals surface area contributed by atoms with Gasteiger partial charge in [0.1, 0.15) is 5.82 Å². The third-order valence-corrected chi connectivity index (χ3v) is 4.85. The van der Waals surface area contributed by atoms with E-state index in [4.69, 9.17) is 0 Å². The van der Waals surface area contributed by atoms with Gasteiger partial charge in [-0.2, -0.15) is 16.9 Å². The Morgan fingerprint density at radius 2 is 1.96 bits per heavy atom. The highest BCUT2D eigenvalue weighted by Gasteiger charge is 2.14. The fourth-order valence-electron chi connectivity index (χ4n) is 2.61. The summed E-state index contributed by atoms with van der Waals surface area (Å²) < 4.78 is 4.03. The van der Waals surface area contributed by atoms with E-state index < -0.39 is 0 Å². The zero-order chi connectivity index (χ0) is 18.2. The van der Waals surface area contributed by atoms with Crippen LogP contribution in [0, 0.1) is 0 Å². The second-order valence-electron chi connectivity index (χ2n) is 5.73. The van der Waals surface area contributed by atoms with Crippen molar-refractivity contribution in [1.29, 1.82) is 0 Å². The van der Waals surface area contributed by atoms with E-state index in [-0.39, 0.29) is 5.91 Å². The summed E-state index contributed by atoms with van der Waals surface area (Å²) in [6.07, 6.45) is 8.14. The highest BCUT2D eigenvalue weighted by atomic mass is 32.2. The van der Waals surface area contributed by atoms with Gasteiger partial charge in [-0.05, 0) is 24.3 Å². The summed E-state index contributed by atoms with van der Waals surface area (Å²) in [5, 5.41) is 7.39. The van der Waals surface area contributed by atoms with Gasteiger partial charge in [0.15, 0.2) is 0 Å². The predicted molar refractivity (Wildman–Crippen MR) is 107 cm³/mol. The lowest BCUT2D eigenvalue weighted by Crippen LogP contribution is -2.23. The lowest BCUT2D eigenvalue weighted by atomic mass is 10.3. The molecule has 0 bridgehead atoms. The van der Waals surface area contributed by atoms with Crippen LogP contribution in [0.3, 0.4) is 0 Å². The summed E-state index contributed by atoms with van der Waals surface area (Å²) in [7, 11) is 0. The molecule has 5 nitrogen and oxygen atoms in total. The zero-order valence-electron chi connectivity index (χ0n) is 14.5. The molecular weight excluding hydrogens is 344 g/mol. The first-order valence-electron chi connectivity index (χ1n) is 8.50. The van der Waals surface area contributed by atoms with Gasteiger partial charge in [-0.15, -0.1) is 6.58 Å². The Labute approximate surface area is 157 Å². The Balaban J connectivity index is 1.71. The van der Waals surface area contributed by atoms with Gasteiger partial charge in [0.2, 0.25) is 5.91 Å². The molecule has 0 aliphatic rings. The number of carbonyl (C=O) groups is 1. The lowest BCUT2D eigenvalue weighted by molar-refractivity contribution is -0.120. The molecule has 2 heterocycles. The van der Waals surface area contributed by atoms with Crippen molar-refractivity contribution in [3.8, 4) is 11.5 Å². The molecule has 0 fully saturated rings. The summed E-state index contributed by atoms with van der Waals surface area (Å²) in [5.41, 5.74) is 2.16. The van der Waals surface area contributed by atoms with Gasteiger partial charge < -0.3 is 9.88 Å². The third kappa shape index (κ3) is 4.46. The molecule has 0 saturated carbocycles. The molecule has 1 aromatic carbocycles. The molecule has 0 atom stereocenters. The number of hydrogen-bond acceptors (Lipinski definition) is 3. The summed E-state index contributed by atoms with van der Waals surface area (Å²) in [6.45, 7) is 4.12. The van der Waals surface area contributed by atoms with Crippen molar-refractivity contribution in [2.24, 2.45) is 0 Å². The summed E-state index contributed by atoms with van der Waals surface area (Å²) in [6, 6.07) is 14.1. The molecule has 0 saturated heterocycles. The smallest absolute Gasteiger partial charge is 0.221 e. The number of nitrogens with one attached hydrogen (secondary N) is 1. The minimum absolute atomic E-state index is 0.0583. The monoisotopic (exact) mass is 366 g/mol. The first-order valence-corrected chi connectivity index (χ1v) is 9.66. The number of benzene rings is 1. The van der Waals surface area contributed by atoms with E-state index in [9.17, 15) is 4.79 Å². The number of aromatic nitrogens is 3. The molecule has 134 valence electrons. The van der Waals surface area contributed by atoms with Gasteiger partial charge >= 0.3 is 0 Å². The molecule has 3 rings (SSSR count). The fraction of sp³-hybridized carbons (Fsp3) is 0.200. The van der Waals surface area contributed by atoms with Gasteiger partial charge in [-0.1, -0.05) is 24.3 Å². The Hall–Kier alpha value is -2.73. The van der Waals surface area contributed by atoms with Crippen molar-refractivity contribution in [3.05, 3.63) is 79.3 Å². The van der Waals surface area contributed by atoms with Gasteiger partial charge in [0.05, 0.1) is 11.9 Å². The normalized spacial score (nSPS) is 10.6. The van der Waals surface area contributed by atoms with Crippen LogP contribution in [-0.2, 0) is 10.5 Å². The number of hydrogen-bond donors (Lipinski definition) is 1. The second kappa shape index (κ2) is 9.10. The minimum atomic E-state index is 0.0583. The summed E-state index contributed by atoms with van der Waals surface area (Å²) in [4.78, 5) is 11.7. The first kappa shape index (κ1) is 18.1. The molecule has 0 aliphatic heterocycles. The topological polar surface area (TPSA) is 51.9 Å². The standard InChI is InChI=1S/C20H22N4OS/c1-2-11-21-19(25)10-14-26-16-17-15-22-24(18-8-4-3-5-9-18)20(17)23-12-6-7-13-23/h2-9,12-13,15H,1,10-11,14,16H2,(H,21,25). The van der Waals surface area contributed by atoms with Crippen LogP contribution in [-0.4, -0.2) is 32.6 Å². The maximum absolute atomic E-state index is 11.7. The molecule has 6 heteroatoms. The Bertz CT molecular complexity index is 840. The number of amides is 1. The third-order valence-electron chi connectivity index (χ3n) is 3.84. The average Bonchev–Trinajstić information content (AvgIpc) is 3.33. The van der Waals surface area contributed by atoms with Crippen LogP contribution in [0.5, 0.6) is 0 Å². The van der Waals surface area contributed by atoms with E-state index in [0.717, 1.165) is 28.6 Å². The molecule has 1 amide bonds. The fourth-order valence-corrected chi connectivity index (χ4v) is 3.51. The molecule has 0 unspecified atom stereocenters. The molecule has 0 radical (unpaired) electrons. The largest absolute Gasteiger partial charge is 0.353 e. The molecular formula is C20H22N4OS. The van der Waals surface area contributed by atoms with Crippen molar-refractivity contribution in [1.82, 2.24) is 19.7 Å². The van der Waals surface area contributed by atoms with Gasteiger partial charge in [0.25, 0.3) is 0 Å². The number of para-hydroxylation sites is 1. The number of rotatable bonds is 9. The quantitative estimate of drug-likeness (QED) is 0.465. The maximum Gasteiger partial charge on any atom is 0.221 e. The van der Waals surface area contributed by atoms with Crippen LogP contribution in [0.25, 0.3) is 11.5 Å². The zero-order valence-corrected chi connectivity index (χ0v) is 15.4. The van der Waals surface area contributed by atoms with E-state index in [1.165, 1.54) is 0 Å². The Morgan fingerprint density at radius 1 is 1.19 bits per heavy atom. The highest BCUT2D eigenvalue weighted by Crippen LogP contribution is 2.23. The first-order chi connectivity index (χ1) is 12.8. The number of carbonyl (C=O) groups excluding carboxylic acids is 1. The van der Waals surface area contributed by atoms with Crippen LogP contribution in [0.1, 0.15) is 12.0 Å². The van der Waals surface area contributed by atoms with Gasteiger partial charge in [0, 0.05) is 42.4 Å². The number of nitrogens with zero attached hydrogens (tertiary/aromatic N) is 3. The van der Waals surface area contributed by atoms with Crippen molar-refractivity contribution in [3.63, 3.8) is 0 Å². The van der Waals surface area contributed by atoms with E-state index in [1.54, 1.807) is 17.8 Å². The van der Waals surface area contributed by atoms with Crippen LogP contribution in [0.4, 0.5) is 0 Å². The molecule has 2 aromatic heterocycles. The van der Waals surface area contributed by atoms with E-state index in [0.29, 0.717) is 13.0 Å². The average molecular weight is 366 g/mol. The summed E-state index contributed by atoms with van der Waals surface area (Å²) in [5.74, 6) is 2.66. The van der Waals surface area contributed by atoms with Gasteiger partial charge in [-0.25, -0.2) is 4.68 Å². The molecule has 1 N–H and O–H groups in total. The predicted octanol–water partition coefficient (Wildman–Crippen LogP) is 3.59. The van der Waals surface area contributed by atoms with Gasteiger partial charge in [-0.3, -0.25) is 4.79 Å². The Morgan fingerprint density at radius 3 is 2.69 bits per heavy atom. The van der Waals surface area contributed by atoms with Crippen molar-refractivity contribution < 1.29 is 4.79 Å². The molecule has 3 aromatic rings. The van der Waals surface area contributed by atoms with Crippen molar-refractivity contribution in [2.75, 3.05) is 12.3 Å². The molecule has 26 heavy (non-hydrogen) atoms. The number of thioether (sulfide) groups is 1. The molecule has 0 spiro atoms. The second-order valence-corrected chi connectivity index (χ2v) is 6.83. The van der Waals surface area contributed by atoms with E-state index in [2.05, 4.69) is 21.6 Å². The molecule has 0 aliphatic carbocycles. The Kier molecular flexibility index (Phi) is 6.33. The SMILES string of the molecule is C=CCNC(=O)CCSCc1cnn(-c2ccccc2)c1-n1cccc1. The van der Waals surface area contributed by atoms with Crippen LogP contribution >= 0.6 is 11.8 Å².